The first kappa shape index (κ1) is 13.3. The van der Waals surface area contributed by atoms with Crippen molar-refractivity contribution in [2.24, 2.45) is 0 Å². The molecule has 0 spiro atoms. The number of Topliss-reactive ketones (excluding diaryl/α,β-unsaturated/α-hetero) is 1. The fourth-order valence-electron chi connectivity index (χ4n) is 2.34. The Morgan fingerprint density at radius 2 is 1.67 bits per heavy atom. The molecule has 0 saturated heterocycles. The maximum atomic E-state index is 12.2. The zero-order valence-electron chi connectivity index (χ0n) is 10.7. The molecule has 2 atom stereocenters. The molecule has 6 nitrogen and oxygen atoms in total. The van der Waals surface area contributed by atoms with E-state index in [0.717, 1.165) is 6.07 Å². The molecule has 108 valence electrons. The lowest BCUT2D eigenvalue weighted by molar-refractivity contribution is -0.137. The van der Waals surface area contributed by atoms with Gasteiger partial charge in [0.1, 0.15) is 11.9 Å². The second-order valence-electron chi connectivity index (χ2n) is 4.72. The van der Waals surface area contributed by atoms with E-state index >= 15 is 0 Å². The Morgan fingerprint density at radius 3 is 2.33 bits per heavy atom. The Labute approximate surface area is 119 Å². The van der Waals surface area contributed by atoms with Gasteiger partial charge in [-0.15, -0.1) is 0 Å². The molecule has 2 aromatic rings. The van der Waals surface area contributed by atoms with Crippen molar-refractivity contribution in [3.63, 3.8) is 0 Å². The monoisotopic (exact) mass is 288 g/mol. The van der Waals surface area contributed by atoms with E-state index in [-0.39, 0.29) is 11.3 Å². The first-order valence-electron chi connectivity index (χ1n) is 6.22. The Bertz CT molecular complexity index is 710. The van der Waals surface area contributed by atoms with Crippen LogP contribution >= 0.6 is 0 Å². The fourth-order valence-corrected chi connectivity index (χ4v) is 2.34. The van der Waals surface area contributed by atoms with Crippen LogP contribution in [0.4, 0.5) is 0 Å². The van der Waals surface area contributed by atoms with Crippen LogP contribution in [-0.4, -0.2) is 26.2 Å². The lowest BCUT2D eigenvalue weighted by atomic mass is 9.92. The molecule has 1 aliphatic heterocycles. The predicted molar refractivity (Wildman–Crippen MR) is 71.2 cm³/mol. The van der Waals surface area contributed by atoms with Gasteiger partial charge in [-0.2, -0.15) is 0 Å². The first-order valence-corrected chi connectivity index (χ1v) is 6.22. The Kier molecular flexibility index (Phi) is 2.95. The maximum absolute atomic E-state index is 12.2. The topological polar surface area (TPSA) is 107 Å². The minimum absolute atomic E-state index is 0.248. The summed E-state index contributed by atoms with van der Waals surface area (Å²) in [5.74, 6) is -2.70. The van der Waals surface area contributed by atoms with Crippen LogP contribution in [0.1, 0.15) is 23.3 Å². The zero-order chi connectivity index (χ0) is 15.1. The van der Waals surface area contributed by atoms with Crippen LogP contribution in [0, 0.1) is 0 Å². The molecule has 4 N–H and O–H groups in total. The number of aliphatic hydroxyl groups is 1. The number of phenols is 3. The standard InChI is InChI=1S/C15H12O6/c16-8-6-9(17)11(18)15-10(8)12(19)13(20)14(21-15)7-4-2-1-3-5-7/h1-6,12,14,16-19H. The Morgan fingerprint density at radius 1 is 1.00 bits per heavy atom. The van der Waals surface area contributed by atoms with E-state index in [1.54, 1.807) is 30.3 Å². The molecule has 6 heteroatoms. The van der Waals surface area contributed by atoms with Crippen molar-refractivity contribution in [1.82, 2.24) is 0 Å². The molecule has 0 saturated carbocycles. The number of phenolic OH excluding ortho intramolecular Hbond substituents is 3. The molecule has 0 amide bonds. The summed E-state index contributed by atoms with van der Waals surface area (Å²) in [5.41, 5.74) is 0.247. The van der Waals surface area contributed by atoms with Gasteiger partial charge in [-0.3, -0.25) is 4.79 Å². The first-order chi connectivity index (χ1) is 10.0. The smallest absolute Gasteiger partial charge is 0.211 e. The molecule has 0 radical (unpaired) electrons. The van der Waals surface area contributed by atoms with Crippen molar-refractivity contribution in [1.29, 1.82) is 0 Å². The minimum atomic E-state index is -1.65. The van der Waals surface area contributed by atoms with Crippen LogP contribution in [0.25, 0.3) is 0 Å². The fraction of sp³-hybridized carbons (Fsp3) is 0.133. The van der Waals surface area contributed by atoms with Gasteiger partial charge < -0.3 is 25.2 Å². The maximum Gasteiger partial charge on any atom is 0.211 e. The quantitative estimate of drug-likeness (QED) is 0.468. The summed E-state index contributed by atoms with van der Waals surface area (Å²) < 4.78 is 5.41. The van der Waals surface area contributed by atoms with Gasteiger partial charge in [-0.05, 0) is 5.56 Å². The lowest BCUT2D eigenvalue weighted by Crippen LogP contribution is -2.30. The van der Waals surface area contributed by atoms with E-state index in [0.29, 0.717) is 5.56 Å². The van der Waals surface area contributed by atoms with E-state index in [2.05, 4.69) is 0 Å². The average Bonchev–Trinajstić information content (AvgIpc) is 2.48. The summed E-state index contributed by atoms with van der Waals surface area (Å²) >= 11 is 0. The van der Waals surface area contributed by atoms with Gasteiger partial charge in [0.25, 0.3) is 0 Å². The molecular weight excluding hydrogens is 276 g/mol. The van der Waals surface area contributed by atoms with Gasteiger partial charge in [0.15, 0.2) is 17.6 Å². The van der Waals surface area contributed by atoms with Gasteiger partial charge in [0.05, 0.1) is 5.56 Å². The number of carbonyl (C=O) groups is 1. The number of benzene rings is 2. The largest absolute Gasteiger partial charge is 0.507 e. The molecular formula is C15H12O6. The lowest BCUT2D eigenvalue weighted by Gasteiger charge is -2.29. The van der Waals surface area contributed by atoms with Crippen LogP contribution in [0.3, 0.4) is 0 Å². The molecule has 0 aliphatic carbocycles. The normalized spacial score (nSPS) is 20.7. The third-order valence-corrected chi connectivity index (χ3v) is 3.39. The summed E-state index contributed by atoms with van der Waals surface area (Å²) in [6.07, 6.45) is -2.77. The molecule has 2 unspecified atom stereocenters. The van der Waals surface area contributed by atoms with Gasteiger partial charge in [-0.1, -0.05) is 30.3 Å². The molecule has 1 heterocycles. The summed E-state index contributed by atoms with van der Waals surface area (Å²) in [7, 11) is 0. The zero-order valence-corrected chi connectivity index (χ0v) is 10.7. The molecule has 0 fully saturated rings. The minimum Gasteiger partial charge on any atom is -0.507 e. The average molecular weight is 288 g/mol. The molecule has 0 aromatic heterocycles. The highest BCUT2D eigenvalue weighted by Crippen LogP contribution is 2.51. The van der Waals surface area contributed by atoms with Crippen molar-refractivity contribution in [3.05, 3.63) is 47.5 Å². The van der Waals surface area contributed by atoms with Crippen LogP contribution in [0.15, 0.2) is 36.4 Å². The molecule has 2 aromatic carbocycles. The molecule has 1 aliphatic rings. The highest BCUT2D eigenvalue weighted by molar-refractivity contribution is 5.93. The van der Waals surface area contributed by atoms with E-state index in [1.807, 2.05) is 0 Å². The van der Waals surface area contributed by atoms with Crippen LogP contribution in [0.5, 0.6) is 23.0 Å². The molecule has 3 rings (SSSR count). The van der Waals surface area contributed by atoms with Crippen LogP contribution in [-0.2, 0) is 4.79 Å². The number of aliphatic hydroxyl groups excluding tert-OH is 1. The van der Waals surface area contributed by atoms with Gasteiger partial charge >= 0.3 is 0 Å². The third-order valence-electron chi connectivity index (χ3n) is 3.39. The van der Waals surface area contributed by atoms with Gasteiger partial charge in [0.2, 0.25) is 11.5 Å². The van der Waals surface area contributed by atoms with E-state index in [1.165, 1.54) is 0 Å². The van der Waals surface area contributed by atoms with E-state index in [9.17, 15) is 25.2 Å². The number of ether oxygens (including phenoxy) is 1. The van der Waals surface area contributed by atoms with E-state index in [4.69, 9.17) is 4.74 Å². The number of hydrogen-bond donors (Lipinski definition) is 4. The summed E-state index contributed by atoms with van der Waals surface area (Å²) in [6, 6.07) is 9.29. The SMILES string of the molecule is O=C1C(O)c2c(O)cc(O)c(O)c2OC1c1ccccc1. The third kappa shape index (κ3) is 1.96. The predicted octanol–water partition coefficient (Wildman–Crippen LogP) is 1.54. The van der Waals surface area contributed by atoms with Crippen molar-refractivity contribution >= 4 is 5.78 Å². The van der Waals surface area contributed by atoms with Crippen molar-refractivity contribution in [3.8, 4) is 23.0 Å². The number of carbonyl (C=O) groups excluding carboxylic acids is 1. The summed E-state index contributed by atoms with van der Waals surface area (Å²) in [5, 5.41) is 39.2. The summed E-state index contributed by atoms with van der Waals surface area (Å²) in [4.78, 5) is 12.2. The van der Waals surface area contributed by atoms with Crippen molar-refractivity contribution in [2.45, 2.75) is 12.2 Å². The van der Waals surface area contributed by atoms with Gasteiger partial charge in [-0.25, -0.2) is 0 Å². The van der Waals surface area contributed by atoms with Crippen molar-refractivity contribution in [2.75, 3.05) is 0 Å². The summed E-state index contributed by atoms with van der Waals surface area (Å²) in [6.45, 7) is 0. The van der Waals surface area contributed by atoms with Crippen molar-refractivity contribution < 1.29 is 30.0 Å². The molecule has 0 bridgehead atoms. The van der Waals surface area contributed by atoms with Crippen LogP contribution < -0.4 is 4.74 Å². The van der Waals surface area contributed by atoms with E-state index < -0.39 is 35.2 Å². The number of aromatic hydroxyl groups is 3. The highest BCUT2D eigenvalue weighted by atomic mass is 16.5. The highest BCUT2D eigenvalue weighted by Gasteiger charge is 2.40. The number of ketones is 1. The molecule has 21 heavy (non-hydrogen) atoms. The Balaban J connectivity index is 2.15. The van der Waals surface area contributed by atoms with Gasteiger partial charge in [0, 0.05) is 6.07 Å². The second kappa shape index (κ2) is 4.68. The number of rotatable bonds is 1. The number of hydrogen-bond acceptors (Lipinski definition) is 6. The number of fused-ring (bicyclic) bond motifs is 1. The Hall–Kier alpha value is -2.73. The van der Waals surface area contributed by atoms with Crippen LogP contribution in [0.2, 0.25) is 0 Å². The second-order valence-corrected chi connectivity index (χ2v) is 4.72.